The number of hydrogen-bond donors (Lipinski definition) is 2. The van der Waals surface area contributed by atoms with Crippen LogP contribution in [0.1, 0.15) is 17.7 Å². The van der Waals surface area contributed by atoms with Crippen LogP contribution in [0.15, 0.2) is 52.9 Å². The molecule has 0 spiro atoms. The lowest BCUT2D eigenvalue weighted by atomic mass is 10.1. The highest BCUT2D eigenvalue weighted by Crippen LogP contribution is 2.40. The van der Waals surface area contributed by atoms with E-state index in [4.69, 9.17) is 9.84 Å². The molecule has 3 aromatic rings. The van der Waals surface area contributed by atoms with Crippen LogP contribution in [0.4, 0.5) is 0 Å². The minimum Gasteiger partial charge on any atom is -0.494 e. The van der Waals surface area contributed by atoms with Crippen molar-refractivity contribution in [3.63, 3.8) is 0 Å². The molecule has 2 aromatic carbocycles. The van der Waals surface area contributed by atoms with Crippen LogP contribution in [-0.4, -0.2) is 35.8 Å². The van der Waals surface area contributed by atoms with Gasteiger partial charge in [-0.05, 0) is 30.7 Å². The summed E-state index contributed by atoms with van der Waals surface area (Å²) >= 11 is 2.96. The zero-order valence-electron chi connectivity index (χ0n) is 14.3. The van der Waals surface area contributed by atoms with Gasteiger partial charge in [0.05, 0.1) is 23.4 Å². The van der Waals surface area contributed by atoms with E-state index in [1.54, 1.807) is 11.3 Å². The van der Waals surface area contributed by atoms with E-state index in [0.29, 0.717) is 6.61 Å². The third-order valence-electron chi connectivity index (χ3n) is 3.62. The van der Waals surface area contributed by atoms with Gasteiger partial charge in [-0.15, -0.1) is 11.3 Å². The van der Waals surface area contributed by atoms with Crippen molar-refractivity contribution in [3.05, 3.63) is 54.1 Å². The number of thiazole rings is 1. The zero-order chi connectivity index (χ0) is 18.4. The summed E-state index contributed by atoms with van der Waals surface area (Å²) in [6.07, 6.45) is 0. The van der Waals surface area contributed by atoms with Gasteiger partial charge in [0.15, 0.2) is 4.34 Å². The Labute approximate surface area is 160 Å². The summed E-state index contributed by atoms with van der Waals surface area (Å²) in [5.41, 5.74) is 1.80. The number of carbonyl (C=O) groups is 1. The van der Waals surface area contributed by atoms with Crippen LogP contribution in [-0.2, 0) is 4.79 Å². The highest BCUT2D eigenvalue weighted by atomic mass is 32.2. The number of aromatic nitrogens is 1. The summed E-state index contributed by atoms with van der Waals surface area (Å²) in [7, 11) is 0. The quantitative estimate of drug-likeness (QED) is 0.577. The predicted octanol–water partition coefficient (Wildman–Crippen LogP) is 3.64. The molecule has 136 valence electrons. The van der Waals surface area contributed by atoms with Gasteiger partial charge in [0, 0.05) is 6.54 Å². The molecule has 0 bridgehead atoms. The first-order chi connectivity index (χ1) is 12.7. The highest BCUT2D eigenvalue weighted by molar-refractivity contribution is 8.02. The average molecular weight is 389 g/mol. The van der Waals surface area contributed by atoms with Crippen LogP contribution in [0.2, 0.25) is 0 Å². The maximum Gasteiger partial charge on any atom is 0.238 e. The van der Waals surface area contributed by atoms with Crippen molar-refractivity contribution in [2.75, 3.05) is 19.8 Å². The second-order valence-electron chi connectivity index (χ2n) is 5.47. The van der Waals surface area contributed by atoms with Gasteiger partial charge in [-0.25, -0.2) is 4.98 Å². The molecular weight excluding hydrogens is 368 g/mol. The van der Waals surface area contributed by atoms with Gasteiger partial charge in [0.25, 0.3) is 0 Å². The molecular formula is C19H20N2O3S2. The summed E-state index contributed by atoms with van der Waals surface area (Å²) in [4.78, 5) is 17.2. The number of fused-ring (bicyclic) bond motifs is 1. The fourth-order valence-corrected chi connectivity index (χ4v) is 4.78. The Morgan fingerprint density at radius 1 is 1.31 bits per heavy atom. The van der Waals surface area contributed by atoms with Crippen LogP contribution in [0.25, 0.3) is 10.2 Å². The van der Waals surface area contributed by atoms with Gasteiger partial charge in [-0.1, -0.05) is 42.1 Å². The molecule has 1 unspecified atom stereocenters. The van der Waals surface area contributed by atoms with Crippen LogP contribution in [0.5, 0.6) is 5.75 Å². The monoisotopic (exact) mass is 388 g/mol. The van der Waals surface area contributed by atoms with Crippen LogP contribution < -0.4 is 10.1 Å². The summed E-state index contributed by atoms with van der Waals surface area (Å²) < 4.78 is 7.39. The van der Waals surface area contributed by atoms with Crippen molar-refractivity contribution in [2.45, 2.75) is 16.5 Å². The average Bonchev–Trinajstić information content (AvgIpc) is 3.07. The smallest absolute Gasteiger partial charge is 0.238 e. The normalized spacial score (nSPS) is 12.1. The second kappa shape index (κ2) is 9.02. The van der Waals surface area contributed by atoms with Crippen molar-refractivity contribution >= 4 is 39.2 Å². The van der Waals surface area contributed by atoms with Crippen molar-refractivity contribution in [3.8, 4) is 5.75 Å². The molecule has 0 radical (unpaired) electrons. The topological polar surface area (TPSA) is 71.5 Å². The molecule has 5 nitrogen and oxygen atoms in total. The minimum atomic E-state index is -0.422. The number of ether oxygens (including phenoxy) is 1. The Morgan fingerprint density at radius 3 is 2.85 bits per heavy atom. The van der Waals surface area contributed by atoms with Gasteiger partial charge in [-0.2, -0.15) is 0 Å². The number of hydrogen-bond acceptors (Lipinski definition) is 6. The summed E-state index contributed by atoms with van der Waals surface area (Å²) in [5.74, 6) is 0.685. The van der Waals surface area contributed by atoms with Crippen molar-refractivity contribution < 1.29 is 14.6 Å². The Bertz CT molecular complexity index is 868. The highest BCUT2D eigenvalue weighted by Gasteiger charge is 2.23. The van der Waals surface area contributed by atoms with E-state index in [-0.39, 0.29) is 19.1 Å². The molecule has 0 fully saturated rings. The molecule has 3 rings (SSSR count). The number of nitrogens with zero attached hydrogens (tertiary/aromatic N) is 1. The Kier molecular flexibility index (Phi) is 6.49. The van der Waals surface area contributed by atoms with Crippen molar-refractivity contribution in [1.29, 1.82) is 0 Å². The molecule has 0 saturated carbocycles. The summed E-state index contributed by atoms with van der Waals surface area (Å²) in [5, 5.41) is 11.3. The number of amides is 1. The molecule has 1 aromatic heterocycles. The molecule has 1 atom stereocenters. The minimum absolute atomic E-state index is 0.0841. The molecule has 1 amide bonds. The SMILES string of the molecule is CCOc1ccc2nc(SC(C(=O)NCCO)c3ccccc3)sc2c1. The number of nitrogens with one attached hydrogen (secondary N) is 1. The Balaban J connectivity index is 1.86. The first kappa shape index (κ1) is 18.7. The number of aliphatic hydroxyl groups excluding tert-OH is 1. The van der Waals surface area contributed by atoms with Gasteiger partial charge in [0.1, 0.15) is 11.0 Å². The molecule has 0 aliphatic carbocycles. The van der Waals surface area contributed by atoms with E-state index in [0.717, 1.165) is 25.9 Å². The molecule has 7 heteroatoms. The number of thioether (sulfide) groups is 1. The van der Waals surface area contributed by atoms with Gasteiger partial charge in [-0.3, -0.25) is 4.79 Å². The maximum atomic E-state index is 12.6. The van der Waals surface area contributed by atoms with E-state index in [2.05, 4.69) is 10.3 Å². The van der Waals surface area contributed by atoms with Crippen molar-refractivity contribution in [1.82, 2.24) is 10.3 Å². The Morgan fingerprint density at radius 2 is 2.12 bits per heavy atom. The molecule has 26 heavy (non-hydrogen) atoms. The number of benzene rings is 2. The first-order valence-corrected chi connectivity index (χ1v) is 10.0. The molecule has 0 saturated heterocycles. The zero-order valence-corrected chi connectivity index (χ0v) is 16.0. The standard InChI is InChI=1S/C19H20N2O3S2/c1-2-24-14-8-9-15-16(12-14)25-19(21-15)26-17(18(23)20-10-11-22)13-6-4-3-5-7-13/h3-9,12,17,22H,2,10-11H2,1H3,(H,20,23). The van der Waals surface area contributed by atoms with E-state index < -0.39 is 5.25 Å². The Hall–Kier alpha value is -2.09. The third kappa shape index (κ3) is 4.55. The lowest BCUT2D eigenvalue weighted by Gasteiger charge is -2.15. The number of rotatable bonds is 8. The molecule has 1 heterocycles. The second-order valence-corrected chi connectivity index (χ2v) is 7.85. The van der Waals surface area contributed by atoms with Gasteiger partial charge >= 0.3 is 0 Å². The van der Waals surface area contributed by atoms with Crippen molar-refractivity contribution in [2.24, 2.45) is 0 Å². The predicted molar refractivity (Wildman–Crippen MR) is 106 cm³/mol. The molecule has 0 aliphatic rings. The summed E-state index contributed by atoms with van der Waals surface area (Å²) in [6.45, 7) is 2.72. The lowest BCUT2D eigenvalue weighted by molar-refractivity contribution is -0.120. The lowest BCUT2D eigenvalue weighted by Crippen LogP contribution is -2.30. The fraction of sp³-hybridized carbons (Fsp3) is 0.263. The summed E-state index contributed by atoms with van der Waals surface area (Å²) in [6, 6.07) is 15.4. The van der Waals surface area contributed by atoms with Gasteiger partial charge in [0.2, 0.25) is 5.91 Å². The van der Waals surface area contributed by atoms with E-state index in [1.807, 2.05) is 55.5 Å². The van der Waals surface area contributed by atoms with Crippen LogP contribution >= 0.6 is 23.1 Å². The largest absolute Gasteiger partial charge is 0.494 e. The van der Waals surface area contributed by atoms with E-state index in [9.17, 15) is 4.79 Å². The van der Waals surface area contributed by atoms with Crippen LogP contribution in [0.3, 0.4) is 0 Å². The maximum absolute atomic E-state index is 12.6. The van der Waals surface area contributed by atoms with Gasteiger partial charge < -0.3 is 15.2 Å². The van der Waals surface area contributed by atoms with Crippen LogP contribution in [0, 0.1) is 0 Å². The molecule has 2 N–H and O–H groups in total. The number of aliphatic hydroxyl groups is 1. The van der Waals surface area contributed by atoms with E-state index >= 15 is 0 Å². The molecule has 0 aliphatic heterocycles. The number of carbonyl (C=O) groups excluding carboxylic acids is 1. The first-order valence-electron chi connectivity index (χ1n) is 8.35. The fourth-order valence-electron chi connectivity index (χ4n) is 2.46. The van der Waals surface area contributed by atoms with E-state index in [1.165, 1.54) is 11.8 Å². The third-order valence-corrected chi connectivity index (χ3v) is 5.99.